The molecule has 0 amide bonds. The molecule has 0 radical (unpaired) electrons. The van der Waals surface area contributed by atoms with Crippen molar-refractivity contribution in [3.05, 3.63) is 27.2 Å². The van der Waals surface area contributed by atoms with Crippen LogP contribution in [0.15, 0.2) is 10.5 Å². The summed E-state index contributed by atoms with van der Waals surface area (Å²) in [4.78, 5) is 0. The van der Waals surface area contributed by atoms with Gasteiger partial charge in [-0.2, -0.15) is 0 Å². The third-order valence-electron chi connectivity index (χ3n) is 2.75. The van der Waals surface area contributed by atoms with E-state index in [0.717, 1.165) is 28.8 Å². The second-order valence-corrected chi connectivity index (χ2v) is 4.64. The molecule has 0 saturated heterocycles. The Balaban J connectivity index is 2.67. The van der Waals surface area contributed by atoms with Crippen LogP contribution in [-0.2, 0) is 0 Å². The predicted octanol–water partition coefficient (Wildman–Crippen LogP) is 2.85. The van der Waals surface area contributed by atoms with Crippen LogP contribution < -0.4 is 10.5 Å². The van der Waals surface area contributed by atoms with Gasteiger partial charge in [-0.25, -0.2) is 0 Å². The van der Waals surface area contributed by atoms with E-state index in [0.29, 0.717) is 0 Å². The minimum Gasteiger partial charge on any atom is -0.493 e. The molecule has 0 saturated carbocycles. The molecule has 0 bridgehead atoms. The zero-order chi connectivity index (χ0) is 10.3. The van der Waals surface area contributed by atoms with E-state index in [4.69, 9.17) is 10.5 Å². The molecule has 1 aromatic carbocycles. The smallest absolute Gasteiger partial charge is 0.127 e. The zero-order valence-electron chi connectivity index (χ0n) is 8.43. The fourth-order valence-corrected chi connectivity index (χ4v) is 2.50. The lowest BCUT2D eigenvalue weighted by Crippen LogP contribution is -2.22. The molecule has 2 nitrogen and oxygen atoms in total. The maximum atomic E-state index is 6.08. The van der Waals surface area contributed by atoms with Gasteiger partial charge in [-0.3, -0.25) is 0 Å². The Morgan fingerprint density at radius 1 is 1.50 bits per heavy atom. The van der Waals surface area contributed by atoms with Crippen molar-refractivity contribution in [2.24, 2.45) is 5.73 Å². The van der Waals surface area contributed by atoms with E-state index >= 15 is 0 Å². The molecule has 1 aliphatic rings. The lowest BCUT2D eigenvalue weighted by Gasteiger charge is -2.26. The number of ether oxygens (including phenoxy) is 1. The van der Waals surface area contributed by atoms with Gasteiger partial charge in [-0.1, -0.05) is 15.9 Å². The average molecular weight is 256 g/mol. The topological polar surface area (TPSA) is 35.2 Å². The average Bonchev–Trinajstić information content (AvgIpc) is 2.14. The van der Waals surface area contributed by atoms with Crippen molar-refractivity contribution in [2.45, 2.75) is 26.3 Å². The van der Waals surface area contributed by atoms with Crippen LogP contribution in [0.4, 0.5) is 0 Å². The first-order valence-corrected chi connectivity index (χ1v) is 5.58. The molecule has 0 aliphatic carbocycles. The molecular weight excluding hydrogens is 242 g/mol. The molecule has 0 unspecified atom stereocenters. The summed E-state index contributed by atoms with van der Waals surface area (Å²) in [7, 11) is 0. The summed E-state index contributed by atoms with van der Waals surface area (Å²) in [6.07, 6.45) is 0.906. The fourth-order valence-electron chi connectivity index (χ4n) is 1.95. The number of halogens is 1. The summed E-state index contributed by atoms with van der Waals surface area (Å²) in [5.41, 5.74) is 9.62. The number of benzene rings is 1. The Bertz CT molecular complexity index is 376. The number of nitrogens with two attached hydrogens (primary N) is 1. The summed E-state index contributed by atoms with van der Waals surface area (Å²) in [5, 5.41) is 0. The van der Waals surface area contributed by atoms with Gasteiger partial charge in [-0.15, -0.1) is 0 Å². The second-order valence-electron chi connectivity index (χ2n) is 3.79. The summed E-state index contributed by atoms with van der Waals surface area (Å²) < 4.78 is 6.78. The Morgan fingerprint density at radius 2 is 2.21 bits per heavy atom. The van der Waals surface area contributed by atoms with Gasteiger partial charge < -0.3 is 10.5 Å². The Labute approximate surface area is 92.6 Å². The van der Waals surface area contributed by atoms with Gasteiger partial charge in [-0.05, 0) is 31.0 Å². The first-order chi connectivity index (χ1) is 6.61. The third-order valence-corrected chi connectivity index (χ3v) is 3.58. The SMILES string of the molecule is Cc1cc(Br)c(C)c2c1OCC[C@@H]2N. The van der Waals surface area contributed by atoms with E-state index < -0.39 is 0 Å². The summed E-state index contributed by atoms with van der Waals surface area (Å²) in [5.74, 6) is 0.990. The second kappa shape index (κ2) is 3.55. The van der Waals surface area contributed by atoms with Crippen molar-refractivity contribution in [1.29, 1.82) is 0 Å². The van der Waals surface area contributed by atoms with Crippen LogP contribution in [0.25, 0.3) is 0 Å². The van der Waals surface area contributed by atoms with Gasteiger partial charge in [0, 0.05) is 22.5 Å². The van der Waals surface area contributed by atoms with E-state index in [1.165, 1.54) is 11.1 Å². The summed E-state index contributed by atoms with van der Waals surface area (Å²) in [6, 6.07) is 2.21. The van der Waals surface area contributed by atoms with Crippen LogP contribution in [0, 0.1) is 13.8 Å². The van der Waals surface area contributed by atoms with Crippen LogP contribution in [-0.4, -0.2) is 6.61 Å². The molecule has 1 atom stereocenters. The van der Waals surface area contributed by atoms with Crippen LogP contribution in [0.3, 0.4) is 0 Å². The van der Waals surface area contributed by atoms with Crippen molar-refractivity contribution < 1.29 is 4.74 Å². The molecule has 3 heteroatoms. The van der Waals surface area contributed by atoms with Crippen LogP contribution in [0.2, 0.25) is 0 Å². The lowest BCUT2D eigenvalue weighted by atomic mass is 9.94. The largest absolute Gasteiger partial charge is 0.493 e. The Morgan fingerprint density at radius 3 is 2.93 bits per heavy atom. The summed E-state index contributed by atoms with van der Waals surface area (Å²) in [6.45, 7) is 4.87. The maximum absolute atomic E-state index is 6.08. The van der Waals surface area contributed by atoms with Crippen LogP contribution in [0.5, 0.6) is 5.75 Å². The number of fused-ring (bicyclic) bond motifs is 1. The maximum Gasteiger partial charge on any atom is 0.127 e. The van der Waals surface area contributed by atoms with E-state index in [-0.39, 0.29) is 6.04 Å². The molecule has 2 rings (SSSR count). The molecule has 0 aromatic heterocycles. The van der Waals surface area contributed by atoms with Crippen molar-refractivity contribution >= 4 is 15.9 Å². The number of hydrogen-bond donors (Lipinski definition) is 1. The van der Waals surface area contributed by atoms with Crippen LogP contribution >= 0.6 is 15.9 Å². The van der Waals surface area contributed by atoms with Gasteiger partial charge in [0.15, 0.2) is 0 Å². The standard InChI is InChI=1S/C11H14BrNO/c1-6-5-8(12)7(2)10-9(13)3-4-14-11(6)10/h5,9H,3-4,13H2,1-2H3/t9-/m0/s1. The lowest BCUT2D eigenvalue weighted by molar-refractivity contribution is 0.266. The molecule has 14 heavy (non-hydrogen) atoms. The normalized spacial score (nSPS) is 20.1. The molecule has 1 aliphatic heterocycles. The molecule has 0 fully saturated rings. The highest BCUT2D eigenvalue weighted by atomic mass is 79.9. The first-order valence-electron chi connectivity index (χ1n) is 4.79. The molecule has 2 N–H and O–H groups in total. The van der Waals surface area contributed by atoms with Gasteiger partial charge >= 0.3 is 0 Å². The monoisotopic (exact) mass is 255 g/mol. The number of hydrogen-bond acceptors (Lipinski definition) is 2. The first kappa shape index (κ1) is 9.99. The highest BCUT2D eigenvalue weighted by Crippen LogP contribution is 2.39. The number of aryl methyl sites for hydroxylation is 1. The van der Waals surface area contributed by atoms with E-state index in [2.05, 4.69) is 35.8 Å². The van der Waals surface area contributed by atoms with Crippen molar-refractivity contribution in [3.63, 3.8) is 0 Å². The predicted molar refractivity (Wildman–Crippen MR) is 60.7 cm³/mol. The highest BCUT2D eigenvalue weighted by molar-refractivity contribution is 9.10. The third kappa shape index (κ3) is 1.44. The molecule has 1 aromatic rings. The van der Waals surface area contributed by atoms with Crippen molar-refractivity contribution in [1.82, 2.24) is 0 Å². The number of rotatable bonds is 0. The quantitative estimate of drug-likeness (QED) is 0.774. The Hall–Kier alpha value is -0.540. The highest BCUT2D eigenvalue weighted by Gasteiger charge is 2.23. The van der Waals surface area contributed by atoms with E-state index in [1.807, 2.05) is 0 Å². The van der Waals surface area contributed by atoms with E-state index in [1.54, 1.807) is 0 Å². The van der Waals surface area contributed by atoms with Gasteiger partial charge in [0.2, 0.25) is 0 Å². The van der Waals surface area contributed by atoms with Crippen LogP contribution in [0.1, 0.15) is 29.2 Å². The van der Waals surface area contributed by atoms with Gasteiger partial charge in [0.1, 0.15) is 5.75 Å². The summed E-state index contributed by atoms with van der Waals surface area (Å²) >= 11 is 3.54. The zero-order valence-corrected chi connectivity index (χ0v) is 10.0. The molecule has 1 heterocycles. The van der Waals surface area contributed by atoms with Gasteiger partial charge in [0.25, 0.3) is 0 Å². The van der Waals surface area contributed by atoms with Crippen molar-refractivity contribution in [3.8, 4) is 5.75 Å². The fraction of sp³-hybridized carbons (Fsp3) is 0.455. The minimum atomic E-state index is 0.120. The Kier molecular flexibility index (Phi) is 2.54. The minimum absolute atomic E-state index is 0.120. The molecular formula is C11H14BrNO. The molecule has 76 valence electrons. The van der Waals surface area contributed by atoms with Gasteiger partial charge in [0.05, 0.1) is 6.61 Å². The van der Waals surface area contributed by atoms with Crippen molar-refractivity contribution in [2.75, 3.05) is 6.61 Å². The molecule has 0 spiro atoms. The van der Waals surface area contributed by atoms with E-state index in [9.17, 15) is 0 Å².